The molecule has 0 heterocycles. The molecule has 0 radical (unpaired) electrons. The van der Waals surface area contributed by atoms with Crippen LogP contribution in [0.5, 0.6) is 0 Å². The minimum Gasteiger partial charge on any atom is -0.396 e. The molecule has 0 fully saturated rings. The summed E-state index contributed by atoms with van der Waals surface area (Å²) in [5, 5.41) is 27.2. The van der Waals surface area contributed by atoms with Crippen LogP contribution >= 0.6 is 23.5 Å². The second-order valence-electron chi connectivity index (χ2n) is 6.00. The Kier molecular flexibility index (Phi) is 11.7. The Morgan fingerprint density at radius 1 is 0.607 bits per heavy atom. The van der Waals surface area contributed by atoms with Crippen LogP contribution in [-0.2, 0) is 0 Å². The fourth-order valence-corrected chi connectivity index (χ4v) is 3.90. The topological polar surface area (TPSA) is 65.2 Å². The number of thioether (sulfide) groups is 2. The monoisotopic (exact) mass is 416 g/mol. The smallest absolute Gasteiger partial charge is 0.0711 e. The number of nitrogens with zero attached hydrogens (tertiary/aromatic N) is 2. The van der Waals surface area contributed by atoms with Crippen molar-refractivity contribution in [3.63, 3.8) is 0 Å². The average molecular weight is 417 g/mol. The fraction of sp³-hybridized carbons (Fsp3) is 0.364. The number of rotatable bonds is 13. The Morgan fingerprint density at radius 3 is 1.36 bits per heavy atom. The Morgan fingerprint density at radius 2 is 1.00 bits per heavy atom. The van der Waals surface area contributed by atoms with Crippen LogP contribution in [0.4, 0.5) is 0 Å². The van der Waals surface area contributed by atoms with Gasteiger partial charge in [0.05, 0.1) is 24.6 Å². The van der Waals surface area contributed by atoms with Gasteiger partial charge in [-0.15, -0.1) is 0 Å². The van der Waals surface area contributed by atoms with Crippen molar-refractivity contribution in [2.75, 3.05) is 36.2 Å². The standard InChI is InChI=1S/C22H28N2O2S2/c25-13-17-27-15-11-21(19-7-3-1-4-8-19)23-24-22(12-16-28-18-14-26)20-9-5-2-6-10-20/h1-10,25-26H,11-18H2/b23-21-,24-22-. The first kappa shape index (κ1) is 22.7. The van der Waals surface area contributed by atoms with Gasteiger partial charge in [-0.1, -0.05) is 60.7 Å². The quantitative estimate of drug-likeness (QED) is 0.293. The van der Waals surface area contributed by atoms with Gasteiger partial charge in [0.15, 0.2) is 0 Å². The summed E-state index contributed by atoms with van der Waals surface area (Å²) in [6, 6.07) is 20.3. The molecule has 6 heteroatoms. The van der Waals surface area contributed by atoms with Crippen molar-refractivity contribution in [3.05, 3.63) is 71.8 Å². The highest BCUT2D eigenvalue weighted by molar-refractivity contribution is 7.99. The van der Waals surface area contributed by atoms with E-state index in [2.05, 4.69) is 34.5 Å². The highest BCUT2D eigenvalue weighted by atomic mass is 32.2. The van der Waals surface area contributed by atoms with Crippen molar-refractivity contribution >= 4 is 34.9 Å². The maximum Gasteiger partial charge on any atom is 0.0711 e. The molecule has 0 saturated heterocycles. The van der Waals surface area contributed by atoms with E-state index in [1.54, 1.807) is 23.5 Å². The molecule has 0 atom stereocenters. The zero-order valence-corrected chi connectivity index (χ0v) is 17.7. The summed E-state index contributed by atoms with van der Waals surface area (Å²) >= 11 is 3.44. The number of aliphatic hydroxyl groups is 2. The van der Waals surface area contributed by atoms with Crippen molar-refractivity contribution in [2.45, 2.75) is 12.8 Å². The molecule has 0 aliphatic rings. The number of hydrogen-bond donors (Lipinski definition) is 2. The van der Waals surface area contributed by atoms with Gasteiger partial charge in [-0.2, -0.15) is 33.7 Å². The number of benzene rings is 2. The third kappa shape index (κ3) is 8.61. The minimum absolute atomic E-state index is 0.199. The molecule has 4 nitrogen and oxygen atoms in total. The van der Waals surface area contributed by atoms with Crippen molar-refractivity contribution in [1.82, 2.24) is 0 Å². The predicted octanol–water partition coefficient (Wildman–Crippen LogP) is 4.11. The van der Waals surface area contributed by atoms with Gasteiger partial charge in [0.1, 0.15) is 0 Å². The summed E-state index contributed by atoms with van der Waals surface area (Å²) in [6.45, 7) is 0.397. The van der Waals surface area contributed by atoms with E-state index in [0.717, 1.165) is 58.4 Å². The predicted molar refractivity (Wildman–Crippen MR) is 124 cm³/mol. The summed E-state index contributed by atoms with van der Waals surface area (Å²) in [6.07, 6.45) is 1.61. The summed E-state index contributed by atoms with van der Waals surface area (Å²) < 4.78 is 0. The highest BCUT2D eigenvalue weighted by Gasteiger charge is 2.07. The van der Waals surface area contributed by atoms with E-state index in [4.69, 9.17) is 10.2 Å². The van der Waals surface area contributed by atoms with Crippen LogP contribution in [0, 0.1) is 0 Å². The number of aliphatic hydroxyl groups excluding tert-OH is 2. The first-order valence-electron chi connectivity index (χ1n) is 9.46. The zero-order valence-electron chi connectivity index (χ0n) is 16.0. The van der Waals surface area contributed by atoms with Gasteiger partial charge >= 0.3 is 0 Å². The molecular weight excluding hydrogens is 388 g/mol. The molecule has 0 aromatic heterocycles. The molecule has 0 aliphatic carbocycles. The van der Waals surface area contributed by atoms with Crippen molar-refractivity contribution in [2.24, 2.45) is 10.2 Å². The molecule has 2 aromatic rings. The van der Waals surface area contributed by atoms with Crippen molar-refractivity contribution < 1.29 is 10.2 Å². The van der Waals surface area contributed by atoms with Gasteiger partial charge in [-0.05, 0) is 22.6 Å². The van der Waals surface area contributed by atoms with Crippen LogP contribution < -0.4 is 0 Å². The Labute approximate surface area is 176 Å². The van der Waals surface area contributed by atoms with Crippen LogP contribution in [0.2, 0.25) is 0 Å². The molecule has 2 N–H and O–H groups in total. The Balaban J connectivity index is 2.20. The first-order valence-corrected chi connectivity index (χ1v) is 11.8. The second kappa shape index (κ2) is 14.4. The van der Waals surface area contributed by atoms with Crippen LogP contribution in [-0.4, -0.2) is 57.9 Å². The molecule has 0 amide bonds. The van der Waals surface area contributed by atoms with Gasteiger partial charge in [0.2, 0.25) is 0 Å². The van der Waals surface area contributed by atoms with Crippen LogP contribution in [0.1, 0.15) is 24.0 Å². The normalized spacial score (nSPS) is 12.4. The third-order valence-electron chi connectivity index (χ3n) is 3.94. The van der Waals surface area contributed by atoms with Crippen molar-refractivity contribution in [1.29, 1.82) is 0 Å². The second-order valence-corrected chi connectivity index (χ2v) is 8.45. The third-order valence-corrected chi connectivity index (χ3v) is 5.87. The molecule has 0 bridgehead atoms. The highest BCUT2D eigenvalue weighted by Crippen LogP contribution is 2.13. The summed E-state index contributed by atoms with van der Waals surface area (Å²) in [7, 11) is 0. The minimum atomic E-state index is 0.199. The van der Waals surface area contributed by atoms with Gasteiger partial charge in [-0.3, -0.25) is 0 Å². The van der Waals surface area contributed by atoms with Crippen LogP contribution in [0.15, 0.2) is 70.9 Å². The molecule has 2 rings (SSSR count). The van der Waals surface area contributed by atoms with Gasteiger partial charge in [0.25, 0.3) is 0 Å². The van der Waals surface area contributed by atoms with E-state index in [1.165, 1.54) is 0 Å². The van der Waals surface area contributed by atoms with E-state index in [9.17, 15) is 0 Å². The summed E-state index contributed by atoms with van der Waals surface area (Å²) in [4.78, 5) is 0. The molecular formula is C22H28N2O2S2. The molecule has 28 heavy (non-hydrogen) atoms. The van der Waals surface area contributed by atoms with Crippen LogP contribution in [0.3, 0.4) is 0 Å². The Bertz CT molecular complexity index is 658. The summed E-state index contributed by atoms with van der Waals surface area (Å²) in [5.41, 5.74) is 4.08. The van der Waals surface area contributed by atoms with Gasteiger partial charge in [-0.25, -0.2) is 0 Å². The van der Waals surface area contributed by atoms with E-state index in [-0.39, 0.29) is 13.2 Å². The molecule has 2 aromatic carbocycles. The van der Waals surface area contributed by atoms with Crippen molar-refractivity contribution in [3.8, 4) is 0 Å². The van der Waals surface area contributed by atoms with Gasteiger partial charge < -0.3 is 10.2 Å². The average Bonchev–Trinajstić information content (AvgIpc) is 2.75. The van der Waals surface area contributed by atoms with Crippen LogP contribution in [0.25, 0.3) is 0 Å². The molecule has 0 spiro atoms. The summed E-state index contributed by atoms with van der Waals surface area (Å²) in [5.74, 6) is 3.28. The SMILES string of the molecule is OCCSCC/C(=N/N=C(/CCSCCO)c1ccccc1)c1ccccc1. The lowest BCUT2D eigenvalue weighted by Crippen LogP contribution is -2.06. The lowest BCUT2D eigenvalue weighted by atomic mass is 10.1. The molecule has 0 aliphatic heterocycles. The Hall–Kier alpha value is -1.60. The molecule has 0 saturated carbocycles. The lowest BCUT2D eigenvalue weighted by molar-refractivity contribution is 0.322. The number of hydrogen-bond acceptors (Lipinski definition) is 6. The fourth-order valence-electron chi connectivity index (χ4n) is 2.56. The van der Waals surface area contributed by atoms with E-state index < -0.39 is 0 Å². The van der Waals surface area contributed by atoms with E-state index in [1.807, 2.05) is 36.4 Å². The van der Waals surface area contributed by atoms with E-state index >= 15 is 0 Å². The van der Waals surface area contributed by atoms with Gasteiger partial charge in [0, 0.05) is 24.3 Å². The maximum atomic E-state index is 8.98. The molecule has 150 valence electrons. The molecule has 0 unspecified atom stereocenters. The van der Waals surface area contributed by atoms with E-state index in [0.29, 0.717) is 0 Å². The first-order chi connectivity index (χ1) is 13.8. The lowest BCUT2D eigenvalue weighted by Gasteiger charge is -2.08. The zero-order chi connectivity index (χ0) is 19.9. The maximum absolute atomic E-state index is 8.98. The largest absolute Gasteiger partial charge is 0.396 e.